The standard InChI is InChI=1S/C50H33N3S2/c1-3-13-30(14-4-1)33-25-34(50-51-46(32-16-5-2-6-17-32)49-47(52-50)39-20-10-12-22-44(39)55-49)27-35(26-33)53-42-29-45-41(37-19-9-11-21-43(37)54-45)28-40(42)38-24-23-31-15-7-8-18-36(31)48(38)53/h1,3-5,7-25,27-29,35H,2,6,26H2. The van der Waals surface area contributed by atoms with Gasteiger partial charge in [0.05, 0.1) is 33.0 Å². The predicted octanol–water partition coefficient (Wildman–Crippen LogP) is 14.3. The number of benzene rings is 6. The molecule has 12 rings (SSSR count). The van der Waals surface area contributed by atoms with Gasteiger partial charge in [0.25, 0.3) is 0 Å². The first-order valence-corrected chi connectivity index (χ1v) is 20.7. The molecule has 2 aliphatic rings. The summed E-state index contributed by atoms with van der Waals surface area (Å²) in [6.45, 7) is 0. The van der Waals surface area contributed by atoms with Gasteiger partial charge in [-0.25, -0.2) is 9.97 Å². The van der Waals surface area contributed by atoms with Crippen molar-refractivity contribution in [3.8, 4) is 0 Å². The first kappa shape index (κ1) is 31.2. The molecule has 1 unspecified atom stereocenters. The Morgan fingerprint density at radius 2 is 1.38 bits per heavy atom. The number of allylic oxidation sites excluding steroid dienone is 8. The largest absolute Gasteiger partial charge is 0.333 e. The lowest BCUT2D eigenvalue weighted by Gasteiger charge is -2.26. The van der Waals surface area contributed by atoms with Gasteiger partial charge >= 0.3 is 0 Å². The van der Waals surface area contributed by atoms with E-state index in [9.17, 15) is 0 Å². The maximum Gasteiger partial charge on any atom is 0.160 e. The number of nitrogens with zero attached hydrogens (tertiary/aromatic N) is 3. The van der Waals surface area contributed by atoms with Crippen LogP contribution in [0.25, 0.3) is 89.8 Å². The number of hydrogen-bond donors (Lipinski definition) is 0. The van der Waals surface area contributed by atoms with Crippen molar-refractivity contribution in [3.63, 3.8) is 0 Å². The van der Waals surface area contributed by atoms with E-state index in [1.165, 1.54) is 79.5 Å². The third-order valence-electron chi connectivity index (χ3n) is 11.5. The fourth-order valence-electron chi connectivity index (χ4n) is 9.02. The maximum absolute atomic E-state index is 5.49. The van der Waals surface area contributed by atoms with Gasteiger partial charge in [0.2, 0.25) is 0 Å². The minimum Gasteiger partial charge on any atom is -0.333 e. The predicted molar refractivity (Wildman–Crippen MR) is 237 cm³/mol. The summed E-state index contributed by atoms with van der Waals surface area (Å²) < 4.78 is 7.68. The summed E-state index contributed by atoms with van der Waals surface area (Å²) in [6.07, 6.45) is 14.6. The van der Waals surface area contributed by atoms with E-state index in [0.29, 0.717) is 0 Å². The Morgan fingerprint density at radius 1 is 0.600 bits per heavy atom. The number of hydrogen-bond acceptors (Lipinski definition) is 4. The molecular weight excluding hydrogens is 707 g/mol. The molecule has 0 bridgehead atoms. The normalized spacial score (nSPS) is 16.2. The Kier molecular flexibility index (Phi) is 6.92. The second kappa shape index (κ2) is 12.2. The molecule has 0 fully saturated rings. The van der Waals surface area contributed by atoms with Gasteiger partial charge in [-0.15, -0.1) is 22.7 Å². The van der Waals surface area contributed by atoms with Crippen molar-refractivity contribution in [2.75, 3.05) is 0 Å². The summed E-state index contributed by atoms with van der Waals surface area (Å²) in [7, 11) is 0. The fraction of sp³-hybridized carbons (Fsp3) is 0.0800. The molecule has 10 aromatic rings. The van der Waals surface area contributed by atoms with Gasteiger partial charge in [-0.1, -0.05) is 127 Å². The van der Waals surface area contributed by atoms with Crippen LogP contribution in [0.15, 0.2) is 158 Å². The van der Waals surface area contributed by atoms with Crippen molar-refractivity contribution < 1.29 is 0 Å². The minimum absolute atomic E-state index is 0.0172. The van der Waals surface area contributed by atoms with Crippen LogP contribution < -0.4 is 0 Å². The first-order valence-electron chi connectivity index (χ1n) is 19.1. The van der Waals surface area contributed by atoms with Crippen molar-refractivity contribution >= 4 is 112 Å². The highest BCUT2D eigenvalue weighted by Crippen LogP contribution is 2.46. The highest BCUT2D eigenvalue weighted by molar-refractivity contribution is 7.26. The smallest absolute Gasteiger partial charge is 0.160 e. The van der Waals surface area contributed by atoms with Crippen LogP contribution in [0, 0.1) is 0 Å². The van der Waals surface area contributed by atoms with Crippen molar-refractivity contribution in [1.29, 1.82) is 0 Å². The molecule has 0 amide bonds. The second-order valence-corrected chi connectivity index (χ2v) is 16.9. The molecule has 0 spiro atoms. The number of aromatic nitrogens is 3. The average Bonchev–Trinajstić information content (AvgIpc) is 3.92. The number of rotatable bonds is 4. The monoisotopic (exact) mass is 739 g/mol. The molecular formula is C50H33N3S2. The fourth-order valence-corrected chi connectivity index (χ4v) is 11.3. The third kappa shape index (κ3) is 4.86. The molecule has 0 N–H and O–H groups in total. The summed E-state index contributed by atoms with van der Waals surface area (Å²) in [6, 6.07) is 46.8. The maximum atomic E-state index is 5.49. The Balaban J connectivity index is 1.16. The SMILES string of the molecule is C1=CC(c2nc(C3=CC(n4c5cc6sc7ccccc7c6cc5c5ccc6ccccc6c54)CC(c4ccccc4)=C3)nc3c2sc2ccccc23)=CCC1. The molecule has 4 heterocycles. The van der Waals surface area contributed by atoms with Crippen LogP contribution in [0.1, 0.15) is 42.4 Å². The lowest BCUT2D eigenvalue weighted by molar-refractivity contribution is 0.659. The Hall–Kier alpha value is -6.14. The molecule has 55 heavy (non-hydrogen) atoms. The van der Waals surface area contributed by atoms with E-state index < -0.39 is 0 Å². The zero-order chi connectivity index (χ0) is 36.0. The van der Waals surface area contributed by atoms with Gasteiger partial charge in [-0.2, -0.15) is 0 Å². The lowest BCUT2D eigenvalue weighted by atomic mass is 9.89. The van der Waals surface area contributed by atoms with Crippen LogP contribution in [0.3, 0.4) is 0 Å². The van der Waals surface area contributed by atoms with Crippen molar-refractivity contribution in [1.82, 2.24) is 14.5 Å². The van der Waals surface area contributed by atoms with Crippen molar-refractivity contribution in [3.05, 3.63) is 175 Å². The van der Waals surface area contributed by atoms with Gasteiger partial charge in [0.1, 0.15) is 0 Å². The summed E-state index contributed by atoms with van der Waals surface area (Å²) in [4.78, 5) is 10.9. The summed E-state index contributed by atoms with van der Waals surface area (Å²) >= 11 is 3.69. The Labute approximate surface area is 325 Å². The molecule has 3 nitrogen and oxygen atoms in total. The van der Waals surface area contributed by atoms with Crippen molar-refractivity contribution in [2.24, 2.45) is 0 Å². The summed E-state index contributed by atoms with van der Waals surface area (Å²) in [5, 5.41) is 8.95. The van der Waals surface area contributed by atoms with E-state index in [4.69, 9.17) is 9.97 Å². The topological polar surface area (TPSA) is 30.7 Å². The number of fused-ring (bicyclic) bond motifs is 11. The Bertz CT molecular complexity index is 3350. The van der Waals surface area contributed by atoms with Crippen LogP contribution in [-0.2, 0) is 0 Å². The van der Waals surface area contributed by atoms with E-state index in [1.807, 2.05) is 11.3 Å². The average molecular weight is 740 g/mol. The highest BCUT2D eigenvalue weighted by atomic mass is 32.1. The minimum atomic E-state index is 0.0172. The van der Waals surface area contributed by atoms with Crippen LogP contribution in [-0.4, -0.2) is 14.5 Å². The molecule has 260 valence electrons. The van der Waals surface area contributed by atoms with E-state index >= 15 is 0 Å². The highest BCUT2D eigenvalue weighted by Gasteiger charge is 2.27. The zero-order valence-electron chi connectivity index (χ0n) is 29.9. The van der Waals surface area contributed by atoms with E-state index in [2.05, 4.69) is 162 Å². The molecule has 0 radical (unpaired) electrons. The summed E-state index contributed by atoms with van der Waals surface area (Å²) in [5.41, 5.74) is 9.38. The van der Waals surface area contributed by atoms with E-state index in [0.717, 1.165) is 46.6 Å². The molecule has 6 aromatic carbocycles. The van der Waals surface area contributed by atoms with E-state index in [1.54, 1.807) is 11.3 Å². The molecule has 0 saturated carbocycles. The third-order valence-corrected chi connectivity index (χ3v) is 13.8. The van der Waals surface area contributed by atoms with Gasteiger partial charge in [-0.05, 0) is 71.7 Å². The molecule has 2 aliphatic carbocycles. The van der Waals surface area contributed by atoms with Crippen LogP contribution in [0.2, 0.25) is 0 Å². The van der Waals surface area contributed by atoms with Crippen LogP contribution in [0.4, 0.5) is 0 Å². The first-order chi connectivity index (χ1) is 27.2. The van der Waals surface area contributed by atoms with Gasteiger partial charge in [-0.3, -0.25) is 0 Å². The molecule has 0 aliphatic heterocycles. The lowest BCUT2D eigenvalue weighted by Crippen LogP contribution is -2.12. The van der Waals surface area contributed by atoms with Gasteiger partial charge in [0, 0.05) is 52.0 Å². The van der Waals surface area contributed by atoms with Crippen molar-refractivity contribution in [2.45, 2.75) is 25.3 Å². The van der Waals surface area contributed by atoms with Gasteiger partial charge < -0.3 is 4.57 Å². The molecule has 1 atom stereocenters. The molecule has 5 heteroatoms. The number of thiophene rings is 2. The Morgan fingerprint density at radius 3 is 2.24 bits per heavy atom. The van der Waals surface area contributed by atoms with Gasteiger partial charge in [0.15, 0.2) is 5.82 Å². The quantitative estimate of drug-likeness (QED) is 0.180. The zero-order valence-corrected chi connectivity index (χ0v) is 31.5. The molecule has 0 saturated heterocycles. The summed E-state index contributed by atoms with van der Waals surface area (Å²) in [5.74, 6) is 0.779. The van der Waals surface area contributed by atoms with E-state index in [-0.39, 0.29) is 6.04 Å². The van der Waals surface area contributed by atoms with Crippen LogP contribution in [0.5, 0.6) is 0 Å². The molecule has 4 aromatic heterocycles. The second-order valence-electron chi connectivity index (χ2n) is 14.8. The van der Waals surface area contributed by atoms with Crippen LogP contribution >= 0.6 is 22.7 Å².